The van der Waals surface area contributed by atoms with Crippen LogP contribution in [0.1, 0.15) is 37.3 Å². The Labute approximate surface area is 178 Å². The second kappa shape index (κ2) is 7.57. The predicted octanol–water partition coefficient (Wildman–Crippen LogP) is 4.99. The quantitative estimate of drug-likeness (QED) is 0.496. The van der Waals surface area contributed by atoms with Crippen molar-refractivity contribution in [2.24, 2.45) is 5.92 Å². The molecule has 6 nitrogen and oxygen atoms in total. The molecule has 3 heterocycles. The molecule has 1 atom stereocenters. The zero-order valence-electron chi connectivity index (χ0n) is 16.8. The summed E-state index contributed by atoms with van der Waals surface area (Å²) in [5.74, 6) is 1.96. The number of amides is 1. The van der Waals surface area contributed by atoms with Crippen molar-refractivity contribution >= 4 is 33.3 Å². The van der Waals surface area contributed by atoms with Gasteiger partial charge in [-0.15, -0.1) is 0 Å². The standard InChI is InChI=1S/C23H22N4O2S/c1-14(2)13-29-16-9-7-15(8-10-16)17-11-21(28)26-22-18(17)12-24-27(22)23-25-19-5-3-4-6-20(19)30-23/h3-10,12,14,17H,11,13H2,1-2H3,(H,26,28)/t17-/m0/s1. The van der Waals surface area contributed by atoms with Crippen LogP contribution < -0.4 is 10.1 Å². The number of hydrogen-bond acceptors (Lipinski definition) is 5. The number of para-hydroxylation sites is 1. The largest absolute Gasteiger partial charge is 0.493 e. The highest BCUT2D eigenvalue weighted by Crippen LogP contribution is 2.39. The van der Waals surface area contributed by atoms with Crippen LogP contribution in [-0.4, -0.2) is 27.3 Å². The molecule has 4 aromatic rings. The molecule has 0 aliphatic carbocycles. The summed E-state index contributed by atoms with van der Waals surface area (Å²) in [6.07, 6.45) is 2.24. The van der Waals surface area contributed by atoms with Crippen molar-refractivity contribution < 1.29 is 9.53 Å². The summed E-state index contributed by atoms with van der Waals surface area (Å²) >= 11 is 1.56. The molecule has 0 bridgehead atoms. The third-order valence-electron chi connectivity index (χ3n) is 5.15. The second-order valence-corrected chi connectivity index (χ2v) is 8.91. The lowest BCUT2D eigenvalue weighted by Gasteiger charge is -2.23. The Hall–Kier alpha value is -3.19. The van der Waals surface area contributed by atoms with E-state index in [2.05, 4.69) is 29.2 Å². The van der Waals surface area contributed by atoms with E-state index < -0.39 is 0 Å². The Bertz CT molecular complexity index is 1180. The molecule has 7 heteroatoms. The van der Waals surface area contributed by atoms with E-state index in [4.69, 9.17) is 4.74 Å². The third kappa shape index (κ3) is 3.45. The van der Waals surface area contributed by atoms with Gasteiger partial charge in [0.2, 0.25) is 11.0 Å². The average Bonchev–Trinajstić information content (AvgIpc) is 3.35. The van der Waals surface area contributed by atoms with Crippen molar-refractivity contribution in [3.8, 4) is 10.9 Å². The molecule has 5 rings (SSSR count). The lowest BCUT2D eigenvalue weighted by atomic mass is 9.87. The van der Waals surface area contributed by atoms with E-state index in [0.717, 1.165) is 32.2 Å². The molecule has 0 fully saturated rings. The Kier molecular flexibility index (Phi) is 4.75. The Morgan fingerprint density at radius 3 is 2.77 bits per heavy atom. The molecule has 0 unspecified atom stereocenters. The smallest absolute Gasteiger partial charge is 0.226 e. The molecule has 0 saturated carbocycles. The monoisotopic (exact) mass is 418 g/mol. The van der Waals surface area contributed by atoms with Crippen molar-refractivity contribution in [2.75, 3.05) is 11.9 Å². The minimum atomic E-state index is -0.0453. The number of carbonyl (C=O) groups excluding carboxylic acids is 1. The van der Waals surface area contributed by atoms with Gasteiger partial charge in [0.25, 0.3) is 0 Å². The second-order valence-electron chi connectivity index (χ2n) is 7.90. The normalized spacial score (nSPS) is 16.0. The minimum absolute atomic E-state index is 0.0181. The highest BCUT2D eigenvalue weighted by molar-refractivity contribution is 7.20. The number of anilines is 1. The molecule has 1 aliphatic rings. The number of nitrogens with zero attached hydrogens (tertiary/aromatic N) is 3. The molecule has 30 heavy (non-hydrogen) atoms. The van der Waals surface area contributed by atoms with Gasteiger partial charge in [-0.05, 0) is 35.7 Å². The summed E-state index contributed by atoms with van der Waals surface area (Å²) in [6, 6.07) is 16.0. The molecule has 0 spiro atoms. The van der Waals surface area contributed by atoms with Crippen LogP contribution in [0.3, 0.4) is 0 Å². The van der Waals surface area contributed by atoms with Crippen LogP contribution in [0.15, 0.2) is 54.7 Å². The fraction of sp³-hybridized carbons (Fsp3) is 0.261. The summed E-state index contributed by atoms with van der Waals surface area (Å²) in [7, 11) is 0. The zero-order valence-corrected chi connectivity index (χ0v) is 17.6. The molecule has 1 amide bonds. The molecular weight excluding hydrogens is 396 g/mol. The lowest BCUT2D eigenvalue weighted by molar-refractivity contribution is -0.116. The van der Waals surface area contributed by atoms with Crippen molar-refractivity contribution in [1.29, 1.82) is 0 Å². The maximum absolute atomic E-state index is 12.5. The van der Waals surface area contributed by atoms with Crippen LogP contribution in [-0.2, 0) is 4.79 Å². The fourth-order valence-electron chi connectivity index (χ4n) is 3.67. The van der Waals surface area contributed by atoms with Gasteiger partial charge in [-0.3, -0.25) is 4.79 Å². The third-order valence-corrected chi connectivity index (χ3v) is 6.16. The van der Waals surface area contributed by atoms with E-state index in [-0.39, 0.29) is 11.8 Å². The van der Waals surface area contributed by atoms with Gasteiger partial charge in [0.05, 0.1) is 23.0 Å². The van der Waals surface area contributed by atoms with Crippen molar-refractivity contribution in [1.82, 2.24) is 14.8 Å². The van der Waals surface area contributed by atoms with E-state index in [1.807, 2.05) is 54.7 Å². The maximum atomic E-state index is 12.5. The number of nitrogens with one attached hydrogen (secondary N) is 1. The summed E-state index contributed by atoms with van der Waals surface area (Å²) < 4.78 is 8.62. The fourth-order valence-corrected chi connectivity index (χ4v) is 4.60. The number of fused-ring (bicyclic) bond motifs is 2. The molecule has 1 aliphatic heterocycles. The summed E-state index contributed by atoms with van der Waals surface area (Å²) in [6.45, 7) is 4.93. The van der Waals surface area contributed by atoms with Crippen LogP contribution in [0, 0.1) is 5.92 Å². The highest BCUT2D eigenvalue weighted by Gasteiger charge is 2.31. The lowest BCUT2D eigenvalue weighted by Crippen LogP contribution is -2.24. The minimum Gasteiger partial charge on any atom is -0.493 e. The van der Waals surface area contributed by atoms with Crippen LogP contribution in [0.25, 0.3) is 15.3 Å². The average molecular weight is 419 g/mol. The summed E-state index contributed by atoms with van der Waals surface area (Å²) in [5.41, 5.74) is 3.01. The number of aromatic nitrogens is 3. The maximum Gasteiger partial charge on any atom is 0.226 e. The van der Waals surface area contributed by atoms with E-state index in [1.165, 1.54) is 0 Å². The molecule has 0 radical (unpaired) electrons. The van der Waals surface area contributed by atoms with Crippen LogP contribution >= 0.6 is 11.3 Å². The van der Waals surface area contributed by atoms with E-state index >= 15 is 0 Å². The van der Waals surface area contributed by atoms with Gasteiger partial charge in [0.15, 0.2) is 0 Å². The van der Waals surface area contributed by atoms with E-state index in [9.17, 15) is 4.79 Å². The first-order valence-corrected chi connectivity index (χ1v) is 10.9. The SMILES string of the molecule is CC(C)COc1ccc([C@@H]2CC(=O)Nc3c2cnn3-c2nc3ccccc3s2)cc1. The van der Waals surface area contributed by atoms with Gasteiger partial charge in [-0.25, -0.2) is 4.98 Å². The zero-order chi connectivity index (χ0) is 20.7. The van der Waals surface area contributed by atoms with E-state index in [1.54, 1.807) is 16.0 Å². The van der Waals surface area contributed by atoms with Crippen molar-refractivity contribution in [3.05, 3.63) is 65.9 Å². The van der Waals surface area contributed by atoms with Gasteiger partial charge in [0, 0.05) is 17.9 Å². The summed E-state index contributed by atoms with van der Waals surface area (Å²) in [5, 5.41) is 8.31. The van der Waals surface area contributed by atoms with E-state index in [0.29, 0.717) is 24.8 Å². The molecule has 2 aromatic carbocycles. The molecule has 1 N–H and O–H groups in total. The summed E-state index contributed by atoms with van der Waals surface area (Å²) in [4.78, 5) is 17.2. The van der Waals surface area contributed by atoms with Crippen molar-refractivity contribution in [3.63, 3.8) is 0 Å². The Morgan fingerprint density at radius 2 is 2.00 bits per heavy atom. The van der Waals surface area contributed by atoms with Gasteiger partial charge in [-0.2, -0.15) is 9.78 Å². The predicted molar refractivity (Wildman–Crippen MR) is 119 cm³/mol. The number of thiazole rings is 1. The molecule has 152 valence electrons. The Balaban J connectivity index is 1.48. The van der Waals surface area contributed by atoms with Gasteiger partial charge >= 0.3 is 0 Å². The molecular formula is C23H22N4O2S. The van der Waals surface area contributed by atoms with Crippen LogP contribution in [0.2, 0.25) is 0 Å². The number of ether oxygens (including phenoxy) is 1. The van der Waals surface area contributed by atoms with Crippen LogP contribution in [0.4, 0.5) is 5.82 Å². The molecule has 2 aromatic heterocycles. The van der Waals surface area contributed by atoms with Crippen molar-refractivity contribution in [2.45, 2.75) is 26.2 Å². The first-order valence-electron chi connectivity index (χ1n) is 10.0. The highest BCUT2D eigenvalue weighted by atomic mass is 32.1. The van der Waals surface area contributed by atoms with Gasteiger partial charge in [-0.1, -0.05) is 49.4 Å². The van der Waals surface area contributed by atoms with Crippen LogP contribution in [0.5, 0.6) is 5.75 Å². The number of carbonyl (C=O) groups is 1. The first-order chi connectivity index (χ1) is 14.6. The topological polar surface area (TPSA) is 69.0 Å². The molecule has 0 saturated heterocycles. The van der Waals surface area contributed by atoms with Gasteiger partial charge < -0.3 is 10.1 Å². The number of hydrogen-bond donors (Lipinski definition) is 1. The Morgan fingerprint density at radius 1 is 1.20 bits per heavy atom. The first kappa shape index (κ1) is 18.8. The van der Waals surface area contributed by atoms with Gasteiger partial charge in [0.1, 0.15) is 11.6 Å². The number of benzene rings is 2. The number of rotatable bonds is 5.